The van der Waals surface area contributed by atoms with Gasteiger partial charge in [0.15, 0.2) is 5.82 Å². The summed E-state index contributed by atoms with van der Waals surface area (Å²) in [4.78, 5) is 11.7. The Morgan fingerprint density at radius 2 is 1.65 bits per heavy atom. The first-order valence-corrected chi connectivity index (χ1v) is 9.22. The van der Waals surface area contributed by atoms with Crippen molar-refractivity contribution >= 4 is 33.7 Å². The van der Waals surface area contributed by atoms with Crippen molar-refractivity contribution < 1.29 is 0 Å². The number of para-hydroxylation sites is 4. The van der Waals surface area contributed by atoms with Crippen LogP contribution in [0.15, 0.2) is 61.1 Å². The quantitative estimate of drug-likeness (QED) is 0.590. The Balaban J connectivity index is 1.60. The van der Waals surface area contributed by atoms with E-state index in [4.69, 9.17) is 4.98 Å². The van der Waals surface area contributed by atoms with E-state index in [0.29, 0.717) is 0 Å². The van der Waals surface area contributed by atoms with Crippen molar-refractivity contribution in [2.45, 2.75) is 19.3 Å². The molecule has 0 saturated carbocycles. The normalized spacial score (nSPS) is 14.8. The number of piperidine rings is 1. The lowest BCUT2D eigenvalue weighted by Crippen LogP contribution is -2.29. The van der Waals surface area contributed by atoms with Gasteiger partial charge in [-0.2, -0.15) is 0 Å². The predicted octanol–water partition coefficient (Wildman–Crippen LogP) is 4.62. The fourth-order valence-corrected chi connectivity index (χ4v) is 3.81. The van der Waals surface area contributed by atoms with Gasteiger partial charge in [0.05, 0.1) is 34.9 Å². The summed E-state index contributed by atoms with van der Waals surface area (Å²) in [7, 11) is 0. The van der Waals surface area contributed by atoms with Crippen molar-refractivity contribution in [1.29, 1.82) is 0 Å². The van der Waals surface area contributed by atoms with E-state index in [1.54, 1.807) is 0 Å². The van der Waals surface area contributed by atoms with Gasteiger partial charge in [0, 0.05) is 13.1 Å². The average molecular weight is 343 g/mol. The Hall–Kier alpha value is -3.08. The molecule has 5 rings (SSSR count). The van der Waals surface area contributed by atoms with Gasteiger partial charge in [-0.3, -0.25) is 4.40 Å². The molecular formula is C21H21N5. The summed E-state index contributed by atoms with van der Waals surface area (Å²) in [6, 6.07) is 16.7. The highest BCUT2D eigenvalue weighted by Gasteiger charge is 2.16. The molecule has 0 unspecified atom stereocenters. The molecule has 26 heavy (non-hydrogen) atoms. The number of nitrogens with zero attached hydrogens (tertiary/aromatic N) is 4. The highest BCUT2D eigenvalue weighted by atomic mass is 15.2. The number of hydrogen-bond acceptors (Lipinski definition) is 4. The average Bonchev–Trinajstić information content (AvgIpc) is 3.20. The van der Waals surface area contributed by atoms with Crippen LogP contribution in [0.5, 0.6) is 0 Å². The van der Waals surface area contributed by atoms with E-state index in [9.17, 15) is 0 Å². The molecule has 3 heterocycles. The van der Waals surface area contributed by atoms with Crippen molar-refractivity contribution in [3.8, 4) is 0 Å². The lowest BCUT2D eigenvalue weighted by Gasteiger charge is -2.30. The first-order chi connectivity index (χ1) is 12.9. The van der Waals surface area contributed by atoms with Gasteiger partial charge < -0.3 is 10.2 Å². The Morgan fingerprint density at radius 1 is 0.846 bits per heavy atom. The third-order valence-electron chi connectivity index (χ3n) is 5.11. The van der Waals surface area contributed by atoms with Gasteiger partial charge in [-0.05, 0) is 43.5 Å². The van der Waals surface area contributed by atoms with Crippen LogP contribution in [0.2, 0.25) is 0 Å². The molecule has 130 valence electrons. The summed E-state index contributed by atoms with van der Waals surface area (Å²) < 4.78 is 2.09. The number of nitrogens with one attached hydrogen (secondary N) is 1. The number of anilines is 3. The van der Waals surface area contributed by atoms with Crippen LogP contribution in [0.4, 0.5) is 17.2 Å². The van der Waals surface area contributed by atoms with Crippen LogP contribution >= 0.6 is 0 Å². The van der Waals surface area contributed by atoms with E-state index >= 15 is 0 Å². The molecule has 0 amide bonds. The zero-order chi connectivity index (χ0) is 17.3. The van der Waals surface area contributed by atoms with Crippen molar-refractivity contribution in [3.63, 3.8) is 0 Å². The van der Waals surface area contributed by atoms with E-state index in [1.165, 1.54) is 24.9 Å². The number of fused-ring (bicyclic) bond motifs is 3. The van der Waals surface area contributed by atoms with Crippen molar-refractivity contribution in [1.82, 2.24) is 14.4 Å². The third-order valence-corrected chi connectivity index (χ3v) is 5.11. The standard InChI is InChI=1S/C21H21N5/c1-6-12-25(13-7-1)18-10-4-2-8-16(18)23-21-20-14-22-15-26(20)19-11-5-3-9-17(19)24-21/h2-5,8-11,14-15H,1,6-7,12-13H2,(H,23,24). The van der Waals surface area contributed by atoms with Crippen molar-refractivity contribution in [3.05, 3.63) is 61.1 Å². The second-order valence-corrected chi connectivity index (χ2v) is 6.79. The number of rotatable bonds is 3. The fourth-order valence-electron chi connectivity index (χ4n) is 3.81. The van der Waals surface area contributed by atoms with E-state index in [2.05, 4.69) is 49.9 Å². The monoisotopic (exact) mass is 343 g/mol. The van der Waals surface area contributed by atoms with Gasteiger partial charge in [0.1, 0.15) is 5.52 Å². The van der Waals surface area contributed by atoms with Crippen molar-refractivity contribution in [2.75, 3.05) is 23.3 Å². The molecule has 2 aromatic heterocycles. The van der Waals surface area contributed by atoms with Crippen LogP contribution < -0.4 is 10.2 Å². The molecule has 0 bridgehead atoms. The molecule has 0 spiro atoms. The summed E-state index contributed by atoms with van der Waals surface area (Å²) in [5.74, 6) is 0.839. The maximum atomic E-state index is 4.87. The predicted molar refractivity (Wildman–Crippen MR) is 106 cm³/mol. The Morgan fingerprint density at radius 3 is 2.58 bits per heavy atom. The lowest BCUT2D eigenvalue weighted by atomic mass is 10.1. The molecule has 5 nitrogen and oxygen atoms in total. The molecule has 2 aromatic carbocycles. The summed E-state index contributed by atoms with van der Waals surface area (Å²) in [5.41, 5.74) is 5.35. The van der Waals surface area contributed by atoms with Crippen LogP contribution in [-0.2, 0) is 0 Å². The first kappa shape index (κ1) is 15.2. The molecule has 4 aromatic rings. The van der Waals surface area contributed by atoms with Crippen molar-refractivity contribution in [2.24, 2.45) is 0 Å². The van der Waals surface area contributed by atoms with Gasteiger partial charge in [-0.15, -0.1) is 0 Å². The summed E-state index contributed by atoms with van der Waals surface area (Å²) in [6.45, 7) is 2.23. The molecule has 1 N–H and O–H groups in total. The van der Waals surface area contributed by atoms with E-state index in [0.717, 1.165) is 41.1 Å². The van der Waals surface area contributed by atoms with Crippen LogP contribution in [0.25, 0.3) is 16.6 Å². The van der Waals surface area contributed by atoms with Gasteiger partial charge in [-0.25, -0.2) is 9.97 Å². The van der Waals surface area contributed by atoms with Crippen LogP contribution in [0.1, 0.15) is 19.3 Å². The van der Waals surface area contributed by atoms with Crippen LogP contribution in [0, 0.1) is 0 Å². The minimum atomic E-state index is 0.839. The molecule has 1 saturated heterocycles. The maximum Gasteiger partial charge on any atom is 0.157 e. The number of imidazole rings is 1. The van der Waals surface area contributed by atoms with E-state index < -0.39 is 0 Å². The van der Waals surface area contributed by atoms with Gasteiger partial charge in [0.2, 0.25) is 0 Å². The van der Waals surface area contributed by atoms with Gasteiger partial charge in [0.25, 0.3) is 0 Å². The van der Waals surface area contributed by atoms with E-state index in [-0.39, 0.29) is 0 Å². The highest BCUT2D eigenvalue weighted by Crippen LogP contribution is 2.32. The molecule has 0 atom stereocenters. The smallest absolute Gasteiger partial charge is 0.157 e. The minimum absolute atomic E-state index is 0.839. The van der Waals surface area contributed by atoms with E-state index in [1.807, 2.05) is 30.7 Å². The summed E-state index contributed by atoms with van der Waals surface area (Å²) in [5, 5.41) is 3.58. The molecule has 0 aliphatic carbocycles. The topological polar surface area (TPSA) is 45.5 Å². The van der Waals surface area contributed by atoms with Crippen LogP contribution in [-0.4, -0.2) is 27.5 Å². The second kappa shape index (κ2) is 6.33. The Bertz CT molecular complexity index is 1060. The Kier molecular flexibility index (Phi) is 3.70. The lowest BCUT2D eigenvalue weighted by molar-refractivity contribution is 0.578. The van der Waals surface area contributed by atoms with Gasteiger partial charge in [-0.1, -0.05) is 24.3 Å². The molecule has 1 aliphatic heterocycles. The summed E-state index contributed by atoms with van der Waals surface area (Å²) in [6.07, 6.45) is 7.56. The molecule has 1 aliphatic rings. The number of hydrogen-bond donors (Lipinski definition) is 1. The largest absolute Gasteiger partial charge is 0.370 e. The van der Waals surface area contributed by atoms with Crippen LogP contribution in [0.3, 0.4) is 0 Å². The molecule has 5 heteroatoms. The number of aromatic nitrogens is 3. The minimum Gasteiger partial charge on any atom is -0.370 e. The zero-order valence-corrected chi connectivity index (χ0v) is 14.6. The second-order valence-electron chi connectivity index (χ2n) is 6.79. The third kappa shape index (κ3) is 2.56. The first-order valence-electron chi connectivity index (χ1n) is 9.22. The SMILES string of the molecule is c1ccc(N2CCCCC2)c(Nc2nc3ccccc3n3cncc23)c1. The summed E-state index contributed by atoms with van der Waals surface area (Å²) >= 11 is 0. The fraction of sp³-hybridized carbons (Fsp3) is 0.238. The van der Waals surface area contributed by atoms with Gasteiger partial charge >= 0.3 is 0 Å². The zero-order valence-electron chi connectivity index (χ0n) is 14.6. The molecular weight excluding hydrogens is 322 g/mol. The Labute approximate surface area is 152 Å². The number of benzene rings is 2. The maximum absolute atomic E-state index is 4.87. The molecule has 1 fully saturated rings. The highest BCUT2D eigenvalue weighted by molar-refractivity contribution is 5.87. The molecule has 0 radical (unpaired) electrons.